The molecule has 1 unspecified atom stereocenters. The molecule has 86 valence electrons. The first-order chi connectivity index (χ1) is 7.70. The molecule has 2 aromatic rings. The van der Waals surface area contributed by atoms with E-state index in [2.05, 4.69) is 52.0 Å². The molecule has 0 N–H and O–H groups in total. The van der Waals surface area contributed by atoms with Crippen molar-refractivity contribution in [2.75, 3.05) is 0 Å². The lowest BCUT2D eigenvalue weighted by Gasteiger charge is -2.10. The van der Waals surface area contributed by atoms with Crippen molar-refractivity contribution in [3.8, 4) is 0 Å². The predicted molar refractivity (Wildman–Crippen MR) is 69.1 cm³/mol. The third-order valence-corrected chi connectivity index (χ3v) is 3.41. The van der Waals surface area contributed by atoms with Crippen LogP contribution in [0.3, 0.4) is 0 Å². The van der Waals surface area contributed by atoms with Gasteiger partial charge in [0.2, 0.25) is 0 Å². The number of aromatic nitrogens is 3. The normalized spacial score (nSPS) is 13.2. The number of halogens is 1. The molecular weight excluding hydrogens is 266 g/mol. The lowest BCUT2D eigenvalue weighted by molar-refractivity contribution is 0.715. The first kappa shape index (κ1) is 11.6. The van der Waals surface area contributed by atoms with Crippen molar-refractivity contribution in [2.45, 2.75) is 37.9 Å². The van der Waals surface area contributed by atoms with Gasteiger partial charge in [-0.1, -0.05) is 29.3 Å². The number of pyridine rings is 1. The van der Waals surface area contributed by atoms with Gasteiger partial charge in [-0.15, -0.1) is 0 Å². The first-order valence-electron chi connectivity index (χ1n) is 5.64. The van der Waals surface area contributed by atoms with Gasteiger partial charge in [0.15, 0.2) is 5.65 Å². The Hall–Kier alpha value is -0.900. The molecule has 2 rings (SSSR count). The number of aryl methyl sites for hydroxylation is 1. The van der Waals surface area contributed by atoms with Crippen molar-refractivity contribution in [1.82, 2.24) is 14.6 Å². The van der Waals surface area contributed by atoms with Crippen molar-refractivity contribution in [2.24, 2.45) is 0 Å². The molecule has 0 amide bonds. The zero-order valence-electron chi connectivity index (χ0n) is 9.65. The molecule has 4 heteroatoms. The third-order valence-electron chi connectivity index (χ3n) is 2.63. The van der Waals surface area contributed by atoms with Crippen LogP contribution in [0.1, 0.15) is 31.0 Å². The number of rotatable bonds is 4. The van der Waals surface area contributed by atoms with E-state index in [1.807, 2.05) is 4.52 Å². The average molecular weight is 282 g/mol. The van der Waals surface area contributed by atoms with Crippen LogP contribution in [0.25, 0.3) is 5.65 Å². The number of hydrogen-bond acceptors (Lipinski definition) is 2. The van der Waals surface area contributed by atoms with E-state index >= 15 is 0 Å². The summed E-state index contributed by atoms with van der Waals surface area (Å²) in [5, 5.41) is 4.26. The van der Waals surface area contributed by atoms with E-state index in [1.54, 1.807) is 6.33 Å². The SMILES string of the molecule is CCCC(Br)Cc1cc(C)cc2ncnn12. The number of fused-ring (bicyclic) bond motifs is 1. The maximum atomic E-state index is 4.26. The van der Waals surface area contributed by atoms with Crippen LogP contribution < -0.4 is 0 Å². The Morgan fingerprint density at radius 3 is 3.00 bits per heavy atom. The Bertz CT molecular complexity index is 478. The summed E-state index contributed by atoms with van der Waals surface area (Å²) < 4.78 is 1.93. The minimum atomic E-state index is 0.520. The third kappa shape index (κ3) is 2.43. The molecule has 0 aliphatic rings. The monoisotopic (exact) mass is 281 g/mol. The first-order valence-corrected chi connectivity index (χ1v) is 6.55. The summed E-state index contributed by atoms with van der Waals surface area (Å²) in [4.78, 5) is 4.75. The molecular formula is C12H16BrN3. The van der Waals surface area contributed by atoms with E-state index in [1.165, 1.54) is 24.1 Å². The largest absolute Gasteiger partial charge is 0.218 e. The van der Waals surface area contributed by atoms with Crippen LogP contribution in [-0.2, 0) is 6.42 Å². The van der Waals surface area contributed by atoms with Gasteiger partial charge in [-0.2, -0.15) is 5.10 Å². The Kier molecular flexibility index (Phi) is 3.59. The number of alkyl halides is 1. The summed E-state index contributed by atoms with van der Waals surface area (Å²) in [6.07, 6.45) is 4.99. The number of nitrogens with zero attached hydrogens (tertiary/aromatic N) is 3. The fourth-order valence-corrected chi connectivity index (χ4v) is 2.72. The average Bonchev–Trinajstić information content (AvgIpc) is 2.65. The van der Waals surface area contributed by atoms with E-state index in [4.69, 9.17) is 0 Å². The highest BCUT2D eigenvalue weighted by Crippen LogP contribution is 2.16. The second-order valence-electron chi connectivity index (χ2n) is 4.14. The van der Waals surface area contributed by atoms with Gasteiger partial charge in [-0.05, 0) is 31.0 Å². The predicted octanol–water partition coefficient (Wildman–Crippen LogP) is 3.14. The van der Waals surface area contributed by atoms with E-state index < -0.39 is 0 Å². The number of hydrogen-bond donors (Lipinski definition) is 0. The smallest absolute Gasteiger partial charge is 0.155 e. The maximum Gasteiger partial charge on any atom is 0.155 e. The van der Waals surface area contributed by atoms with Gasteiger partial charge in [0.1, 0.15) is 6.33 Å². The van der Waals surface area contributed by atoms with Crippen LogP contribution in [-0.4, -0.2) is 19.4 Å². The fraction of sp³-hybridized carbons (Fsp3) is 0.500. The van der Waals surface area contributed by atoms with Crippen LogP contribution in [0.4, 0.5) is 0 Å². The molecule has 0 aromatic carbocycles. The van der Waals surface area contributed by atoms with E-state index in [0.717, 1.165) is 12.1 Å². The molecule has 0 saturated heterocycles. The lowest BCUT2D eigenvalue weighted by Crippen LogP contribution is -2.08. The van der Waals surface area contributed by atoms with E-state index in [0.29, 0.717) is 4.83 Å². The summed E-state index contributed by atoms with van der Waals surface area (Å²) in [5.41, 5.74) is 3.40. The van der Waals surface area contributed by atoms with E-state index in [-0.39, 0.29) is 0 Å². The Morgan fingerprint density at radius 2 is 2.25 bits per heavy atom. The molecule has 0 radical (unpaired) electrons. The fourth-order valence-electron chi connectivity index (χ4n) is 1.93. The van der Waals surface area contributed by atoms with Crippen LogP contribution in [0.2, 0.25) is 0 Å². The van der Waals surface area contributed by atoms with Crippen molar-refractivity contribution >= 4 is 21.6 Å². The van der Waals surface area contributed by atoms with Gasteiger partial charge in [-0.3, -0.25) is 0 Å². The van der Waals surface area contributed by atoms with Crippen LogP contribution in [0.15, 0.2) is 18.5 Å². The molecule has 0 saturated carbocycles. The van der Waals surface area contributed by atoms with Gasteiger partial charge in [0, 0.05) is 16.9 Å². The Labute approximate surface area is 104 Å². The highest BCUT2D eigenvalue weighted by Gasteiger charge is 2.09. The van der Waals surface area contributed by atoms with Gasteiger partial charge in [-0.25, -0.2) is 9.50 Å². The van der Waals surface area contributed by atoms with Crippen LogP contribution in [0, 0.1) is 6.92 Å². The van der Waals surface area contributed by atoms with Crippen molar-refractivity contribution in [1.29, 1.82) is 0 Å². The minimum Gasteiger partial charge on any atom is -0.218 e. The Morgan fingerprint density at radius 1 is 1.44 bits per heavy atom. The molecule has 2 heterocycles. The molecule has 2 aromatic heterocycles. The molecule has 1 atom stereocenters. The Balaban J connectivity index is 2.31. The second kappa shape index (κ2) is 4.95. The highest BCUT2D eigenvalue weighted by molar-refractivity contribution is 9.09. The van der Waals surface area contributed by atoms with Crippen molar-refractivity contribution < 1.29 is 0 Å². The van der Waals surface area contributed by atoms with Crippen molar-refractivity contribution in [3.63, 3.8) is 0 Å². The van der Waals surface area contributed by atoms with Crippen molar-refractivity contribution in [3.05, 3.63) is 29.7 Å². The van der Waals surface area contributed by atoms with Gasteiger partial charge in [0.25, 0.3) is 0 Å². The molecule has 0 spiro atoms. The van der Waals surface area contributed by atoms with Gasteiger partial charge < -0.3 is 0 Å². The van der Waals surface area contributed by atoms with Crippen LogP contribution in [0.5, 0.6) is 0 Å². The summed E-state index contributed by atoms with van der Waals surface area (Å²) in [6.45, 7) is 4.30. The lowest BCUT2D eigenvalue weighted by atomic mass is 10.1. The van der Waals surface area contributed by atoms with Crippen LogP contribution >= 0.6 is 15.9 Å². The van der Waals surface area contributed by atoms with Gasteiger partial charge >= 0.3 is 0 Å². The van der Waals surface area contributed by atoms with Gasteiger partial charge in [0.05, 0.1) is 0 Å². The maximum absolute atomic E-state index is 4.26. The highest BCUT2D eigenvalue weighted by atomic mass is 79.9. The summed E-state index contributed by atoms with van der Waals surface area (Å²) in [7, 11) is 0. The second-order valence-corrected chi connectivity index (χ2v) is 5.44. The zero-order valence-corrected chi connectivity index (χ0v) is 11.2. The molecule has 0 bridgehead atoms. The van der Waals surface area contributed by atoms with E-state index in [9.17, 15) is 0 Å². The summed E-state index contributed by atoms with van der Waals surface area (Å²) in [5.74, 6) is 0. The molecule has 0 fully saturated rings. The molecule has 16 heavy (non-hydrogen) atoms. The molecule has 0 aliphatic carbocycles. The quantitative estimate of drug-likeness (QED) is 0.806. The minimum absolute atomic E-state index is 0.520. The standard InChI is InChI=1S/C12H16BrN3/c1-3-4-10(13)7-11-5-9(2)6-12-14-8-15-16(11)12/h5-6,8,10H,3-4,7H2,1-2H3. The summed E-state index contributed by atoms with van der Waals surface area (Å²) in [6, 6.07) is 4.24. The molecule has 3 nitrogen and oxygen atoms in total. The topological polar surface area (TPSA) is 30.2 Å². The zero-order chi connectivity index (χ0) is 11.5. The summed E-state index contributed by atoms with van der Waals surface area (Å²) >= 11 is 3.71. The molecule has 0 aliphatic heterocycles.